The Morgan fingerprint density at radius 3 is 2.60 bits per heavy atom. The summed E-state index contributed by atoms with van der Waals surface area (Å²) < 4.78 is 24.8. The highest BCUT2D eigenvalue weighted by Gasteiger charge is 2.87. The Morgan fingerprint density at radius 1 is 1.16 bits per heavy atom. The van der Waals surface area contributed by atoms with Crippen LogP contribution in [0.25, 0.3) is 0 Å². The zero-order chi connectivity index (χ0) is 17.8. The lowest BCUT2D eigenvalue weighted by Gasteiger charge is -2.52. The Hall–Kier alpha value is -0.650. The van der Waals surface area contributed by atoms with Gasteiger partial charge >= 0.3 is 5.97 Å². The predicted octanol–water partition coefficient (Wildman–Crippen LogP) is 2.91. The first-order valence-electron chi connectivity index (χ1n) is 9.74. The van der Waals surface area contributed by atoms with E-state index in [0.717, 1.165) is 25.7 Å². The fourth-order valence-corrected chi connectivity index (χ4v) is 7.74. The average molecular weight is 350 g/mol. The molecule has 2 heterocycles. The molecule has 140 valence electrons. The van der Waals surface area contributed by atoms with E-state index in [1.807, 2.05) is 0 Å². The topological polar surface area (TPSA) is 54.0 Å². The van der Waals surface area contributed by atoms with Crippen molar-refractivity contribution in [3.05, 3.63) is 0 Å². The molecule has 1 spiro atoms. The number of hydrogen-bond donors (Lipinski definition) is 0. The van der Waals surface area contributed by atoms with E-state index in [1.165, 1.54) is 0 Å². The summed E-state index contributed by atoms with van der Waals surface area (Å²) in [7, 11) is 3.45. The minimum Gasteiger partial charge on any atom is -0.455 e. The highest BCUT2D eigenvalue weighted by molar-refractivity contribution is 5.76. The van der Waals surface area contributed by atoms with Gasteiger partial charge in [0.2, 0.25) is 0 Å². The lowest BCUT2D eigenvalue weighted by atomic mass is 9.54. The summed E-state index contributed by atoms with van der Waals surface area (Å²) in [5.41, 5.74) is -1.34. The Kier molecular flexibility index (Phi) is 3.04. The molecular formula is C20H30O5. The number of rotatable bonds is 2. The number of methoxy groups -OCH3 is 2. The van der Waals surface area contributed by atoms with Crippen molar-refractivity contribution in [1.29, 1.82) is 0 Å². The normalized spacial score (nSPS) is 58.0. The van der Waals surface area contributed by atoms with Crippen molar-refractivity contribution in [2.45, 2.75) is 76.5 Å². The van der Waals surface area contributed by atoms with Gasteiger partial charge in [0.05, 0.1) is 12.0 Å². The summed E-state index contributed by atoms with van der Waals surface area (Å²) in [5, 5.41) is 0. The highest BCUT2D eigenvalue weighted by atomic mass is 16.7. The third-order valence-corrected chi connectivity index (χ3v) is 8.94. The van der Waals surface area contributed by atoms with Gasteiger partial charge in [-0.25, -0.2) is 0 Å². The first-order valence-corrected chi connectivity index (χ1v) is 9.74. The van der Waals surface area contributed by atoms with E-state index in [-0.39, 0.29) is 12.1 Å². The van der Waals surface area contributed by atoms with Crippen molar-refractivity contribution in [2.75, 3.05) is 14.2 Å². The van der Waals surface area contributed by atoms with E-state index in [0.29, 0.717) is 29.6 Å². The van der Waals surface area contributed by atoms with Crippen LogP contribution in [0, 0.1) is 28.6 Å². The first-order chi connectivity index (χ1) is 11.8. The molecule has 0 radical (unpaired) electrons. The summed E-state index contributed by atoms with van der Waals surface area (Å²) >= 11 is 0. The third-order valence-electron chi connectivity index (χ3n) is 8.94. The van der Waals surface area contributed by atoms with Gasteiger partial charge in [0.1, 0.15) is 11.5 Å². The molecule has 8 atom stereocenters. The van der Waals surface area contributed by atoms with Crippen molar-refractivity contribution in [1.82, 2.24) is 0 Å². The molecule has 0 bridgehead atoms. The van der Waals surface area contributed by atoms with Crippen molar-refractivity contribution >= 4 is 5.97 Å². The van der Waals surface area contributed by atoms with Crippen LogP contribution in [0.3, 0.4) is 0 Å². The molecule has 5 heteroatoms. The zero-order valence-electron chi connectivity index (χ0n) is 16.0. The maximum atomic E-state index is 12.7. The summed E-state index contributed by atoms with van der Waals surface area (Å²) in [4.78, 5) is 12.7. The molecule has 25 heavy (non-hydrogen) atoms. The van der Waals surface area contributed by atoms with Crippen molar-refractivity contribution in [3.63, 3.8) is 0 Å². The largest absolute Gasteiger partial charge is 0.455 e. The summed E-state index contributed by atoms with van der Waals surface area (Å²) in [6.07, 6.45) is 3.85. The second-order valence-corrected chi connectivity index (χ2v) is 9.73. The van der Waals surface area contributed by atoms with E-state index < -0.39 is 22.9 Å². The Balaban J connectivity index is 1.75. The minimum atomic E-state index is -0.596. The van der Waals surface area contributed by atoms with Gasteiger partial charge in [-0.1, -0.05) is 20.3 Å². The lowest BCUT2D eigenvalue weighted by molar-refractivity contribution is -0.230. The van der Waals surface area contributed by atoms with Gasteiger partial charge in [-0.3, -0.25) is 4.79 Å². The Labute approximate surface area is 149 Å². The molecular weight excluding hydrogens is 320 g/mol. The van der Waals surface area contributed by atoms with Gasteiger partial charge in [0, 0.05) is 20.1 Å². The van der Waals surface area contributed by atoms with E-state index >= 15 is 0 Å². The Bertz CT molecular complexity index is 632. The summed E-state index contributed by atoms with van der Waals surface area (Å²) in [5.74, 6) is 1.50. The molecule has 0 unspecified atom stereocenters. The van der Waals surface area contributed by atoms with Gasteiger partial charge in [0.15, 0.2) is 11.9 Å². The van der Waals surface area contributed by atoms with Crippen molar-refractivity contribution in [2.24, 2.45) is 28.6 Å². The average Bonchev–Trinajstić information content (AvgIpc) is 2.86. The SMILES string of the molecule is CO[C@H]1O[C@@H]2C[C@@H]3[C@H]([C@@H]4CCC[C@@](C)(OC)[C@@]15CC(=O)O[C@]245)C3(C)C. The van der Waals surface area contributed by atoms with E-state index in [2.05, 4.69) is 20.8 Å². The van der Waals surface area contributed by atoms with Gasteiger partial charge in [-0.15, -0.1) is 0 Å². The number of fused-ring (bicyclic) bond motifs is 2. The van der Waals surface area contributed by atoms with Gasteiger partial charge in [-0.2, -0.15) is 0 Å². The molecule has 0 aromatic heterocycles. The van der Waals surface area contributed by atoms with E-state index in [9.17, 15) is 4.79 Å². The molecule has 2 saturated heterocycles. The van der Waals surface area contributed by atoms with Crippen LogP contribution < -0.4 is 0 Å². The number of carbonyl (C=O) groups excluding carboxylic acids is 1. The molecule has 2 aliphatic heterocycles. The second kappa shape index (κ2) is 4.60. The molecule has 3 saturated carbocycles. The van der Waals surface area contributed by atoms with Gasteiger partial charge < -0.3 is 18.9 Å². The number of esters is 1. The summed E-state index contributed by atoms with van der Waals surface area (Å²) in [6.45, 7) is 6.88. The smallest absolute Gasteiger partial charge is 0.307 e. The highest BCUT2D eigenvalue weighted by Crippen LogP contribution is 2.79. The molecule has 5 aliphatic rings. The first kappa shape index (κ1) is 16.5. The summed E-state index contributed by atoms with van der Waals surface area (Å²) in [6, 6.07) is 0. The van der Waals surface area contributed by atoms with Crippen LogP contribution in [0.15, 0.2) is 0 Å². The van der Waals surface area contributed by atoms with Crippen LogP contribution >= 0.6 is 0 Å². The van der Waals surface area contributed by atoms with Crippen LogP contribution in [0.5, 0.6) is 0 Å². The molecule has 5 rings (SSSR count). The maximum absolute atomic E-state index is 12.7. The van der Waals surface area contributed by atoms with Crippen LogP contribution in [0.2, 0.25) is 0 Å². The number of carbonyl (C=O) groups is 1. The Morgan fingerprint density at radius 2 is 1.92 bits per heavy atom. The molecule has 0 N–H and O–H groups in total. The monoisotopic (exact) mass is 350 g/mol. The molecule has 0 aromatic rings. The van der Waals surface area contributed by atoms with Crippen LogP contribution in [-0.2, 0) is 23.7 Å². The predicted molar refractivity (Wildman–Crippen MR) is 89.7 cm³/mol. The fourth-order valence-electron chi connectivity index (χ4n) is 7.74. The van der Waals surface area contributed by atoms with Crippen LogP contribution in [0.4, 0.5) is 0 Å². The van der Waals surface area contributed by atoms with Crippen LogP contribution in [-0.4, -0.2) is 43.8 Å². The lowest BCUT2D eigenvalue weighted by Crippen LogP contribution is -2.66. The maximum Gasteiger partial charge on any atom is 0.307 e. The standard InChI is InChI=1S/C20H30O5/c1-17(2)12-9-13-20-11(15(12)17)7-6-8-18(3,23-5)19(20,10-14(21)25-20)16(22-4)24-13/h11-13,15-16H,6-10H2,1-5H3/t11-,12+,13+,15-,16-,18+,19+,20-/m0/s1. The molecule has 0 amide bonds. The fraction of sp³-hybridized carbons (Fsp3) is 0.950. The van der Waals surface area contributed by atoms with E-state index in [1.54, 1.807) is 14.2 Å². The second-order valence-electron chi connectivity index (χ2n) is 9.73. The van der Waals surface area contributed by atoms with Crippen molar-refractivity contribution < 1.29 is 23.7 Å². The zero-order valence-corrected chi connectivity index (χ0v) is 16.0. The quantitative estimate of drug-likeness (QED) is 0.717. The van der Waals surface area contributed by atoms with Gasteiger partial charge in [-0.05, 0) is 43.4 Å². The van der Waals surface area contributed by atoms with Crippen LogP contribution in [0.1, 0.15) is 52.9 Å². The van der Waals surface area contributed by atoms with Crippen molar-refractivity contribution in [3.8, 4) is 0 Å². The minimum absolute atomic E-state index is 0.0792. The molecule has 0 aromatic carbocycles. The third kappa shape index (κ3) is 1.53. The van der Waals surface area contributed by atoms with Gasteiger partial charge in [0.25, 0.3) is 0 Å². The number of ether oxygens (including phenoxy) is 4. The molecule has 5 fully saturated rings. The van der Waals surface area contributed by atoms with E-state index in [4.69, 9.17) is 18.9 Å². The molecule has 5 nitrogen and oxygen atoms in total. The molecule has 3 aliphatic carbocycles. The number of hydrogen-bond acceptors (Lipinski definition) is 5.